The molecule has 0 aromatic carbocycles. The van der Waals surface area contributed by atoms with Crippen molar-refractivity contribution < 1.29 is 46.0 Å². The average Bonchev–Trinajstić information content (AvgIpc) is 2.93. The standard InChI is InChI=1S/C15H25N2O12P3/c1-9-7-17(15(21)16-14(9)20)13-6-11(19)12(26-13)8-25-30(3,22)28-32(5,24)29-31(4,23)27-10(2)18/h7,11-13,19H,6,8H2,1-5H3,(H,16,20,21)/t11?,12-,13-,30?,31?,32?/m1/s1. The third-order valence-electron chi connectivity index (χ3n) is 4.02. The minimum atomic E-state index is -4.26. The number of ether oxygens (including phenoxy) is 1. The van der Waals surface area contributed by atoms with Crippen molar-refractivity contribution in [1.29, 1.82) is 0 Å². The van der Waals surface area contributed by atoms with Gasteiger partial charge in [0, 0.05) is 38.4 Å². The number of aromatic nitrogens is 2. The summed E-state index contributed by atoms with van der Waals surface area (Å²) in [5.74, 6) is -0.939. The molecule has 1 aromatic rings. The molecule has 2 rings (SSSR count). The molecule has 1 aromatic heterocycles. The minimum absolute atomic E-state index is 0.0227. The van der Waals surface area contributed by atoms with Crippen LogP contribution in [0.1, 0.15) is 25.1 Å². The maximum Gasteiger partial charge on any atom is 0.385 e. The van der Waals surface area contributed by atoms with Gasteiger partial charge in [-0.05, 0) is 6.92 Å². The average molecular weight is 518 g/mol. The highest BCUT2D eigenvalue weighted by atomic mass is 31.3. The summed E-state index contributed by atoms with van der Waals surface area (Å²) in [5.41, 5.74) is -1.02. The van der Waals surface area contributed by atoms with Gasteiger partial charge in [0.25, 0.3) is 5.56 Å². The number of aryl methyl sites for hydroxylation is 1. The third kappa shape index (κ3) is 7.60. The lowest BCUT2D eigenvalue weighted by molar-refractivity contribution is -0.132. The van der Waals surface area contributed by atoms with Crippen LogP contribution in [0.2, 0.25) is 0 Å². The van der Waals surface area contributed by atoms with Gasteiger partial charge in [0.15, 0.2) is 0 Å². The summed E-state index contributed by atoms with van der Waals surface area (Å²) in [5, 5.41) is 10.2. The number of hydrogen-bond acceptors (Lipinski definition) is 12. The van der Waals surface area contributed by atoms with Crippen LogP contribution in [0.3, 0.4) is 0 Å². The van der Waals surface area contributed by atoms with E-state index >= 15 is 0 Å². The van der Waals surface area contributed by atoms with E-state index in [1.54, 1.807) is 0 Å². The van der Waals surface area contributed by atoms with Gasteiger partial charge in [0.05, 0.1) is 19.4 Å². The van der Waals surface area contributed by atoms with Gasteiger partial charge in [-0.1, -0.05) is 0 Å². The molecule has 1 saturated heterocycles. The molecule has 1 aliphatic rings. The van der Waals surface area contributed by atoms with Crippen LogP contribution in [0.15, 0.2) is 15.8 Å². The first kappa shape index (κ1) is 26.9. The first-order valence-corrected chi connectivity index (χ1v) is 15.1. The van der Waals surface area contributed by atoms with E-state index in [1.165, 1.54) is 13.1 Å². The number of aliphatic hydroxyl groups excluding tert-OH is 1. The fourth-order valence-electron chi connectivity index (χ4n) is 2.87. The van der Waals surface area contributed by atoms with Crippen LogP contribution >= 0.6 is 22.8 Å². The maximum atomic E-state index is 12.6. The van der Waals surface area contributed by atoms with Gasteiger partial charge < -0.3 is 18.9 Å². The first-order chi connectivity index (χ1) is 14.5. The van der Waals surface area contributed by atoms with Crippen molar-refractivity contribution in [3.8, 4) is 0 Å². The number of nitrogens with zero attached hydrogens (tertiary/aromatic N) is 1. The number of nitrogens with one attached hydrogen (secondary N) is 1. The molecule has 0 amide bonds. The smallest absolute Gasteiger partial charge is 0.385 e. The third-order valence-corrected chi connectivity index (χ3v) is 9.97. The van der Waals surface area contributed by atoms with E-state index in [0.717, 1.165) is 31.5 Å². The molecule has 0 radical (unpaired) electrons. The van der Waals surface area contributed by atoms with Crippen LogP contribution in [0.5, 0.6) is 0 Å². The van der Waals surface area contributed by atoms with Crippen molar-refractivity contribution in [3.05, 3.63) is 32.6 Å². The Morgan fingerprint density at radius 2 is 1.78 bits per heavy atom. The summed E-state index contributed by atoms with van der Waals surface area (Å²) >= 11 is 0. The summed E-state index contributed by atoms with van der Waals surface area (Å²) in [4.78, 5) is 36.6. The molecular formula is C15H25N2O12P3. The van der Waals surface area contributed by atoms with Crippen LogP contribution in [0, 0.1) is 6.92 Å². The fourth-order valence-corrected chi connectivity index (χ4v) is 8.78. The Labute approximate surface area is 182 Å². The predicted octanol–water partition coefficient (Wildman–Crippen LogP) is 1.58. The molecule has 6 atom stereocenters. The van der Waals surface area contributed by atoms with Crippen LogP contribution in [0.25, 0.3) is 0 Å². The van der Waals surface area contributed by atoms with Crippen molar-refractivity contribution in [2.45, 2.75) is 38.7 Å². The van der Waals surface area contributed by atoms with Crippen LogP contribution in [0.4, 0.5) is 0 Å². The monoisotopic (exact) mass is 518 g/mol. The zero-order valence-electron chi connectivity index (χ0n) is 18.0. The van der Waals surface area contributed by atoms with E-state index in [9.17, 15) is 33.2 Å². The van der Waals surface area contributed by atoms with Crippen molar-refractivity contribution in [2.75, 3.05) is 26.6 Å². The van der Waals surface area contributed by atoms with Crippen LogP contribution in [-0.4, -0.2) is 59.4 Å². The van der Waals surface area contributed by atoms with Crippen molar-refractivity contribution in [2.24, 2.45) is 0 Å². The normalized spacial score (nSPS) is 26.6. The second-order valence-corrected chi connectivity index (χ2v) is 13.6. The van der Waals surface area contributed by atoms with Crippen LogP contribution < -0.4 is 11.2 Å². The zero-order chi connectivity index (χ0) is 24.5. The molecule has 0 bridgehead atoms. The largest absolute Gasteiger partial charge is 0.392 e. The molecule has 14 nitrogen and oxygen atoms in total. The summed E-state index contributed by atoms with van der Waals surface area (Å²) in [6.45, 7) is 4.71. The second-order valence-electron chi connectivity index (χ2n) is 7.27. The van der Waals surface area contributed by atoms with E-state index in [1.807, 2.05) is 0 Å². The lowest BCUT2D eigenvalue weighted by Crippen LogP contribution is -2.33. The Kier molecular flexibility index (Phi) is 8.29. The number of rotatable bonds is 9. The molecule has 0 saturated carbocycles. The van der Waals surface area contributed by atoms with E-state index in [-0.39, 0.29) is 12.0 Å². The quantitative estimate of drug-likeness (QED) is 0.450. The van der Waals surface area contributed by atoms with Crippen molar-refractivity contribution in [3.63, 3.8) is 0 Å². The Morgan fingerprint density at radius 3 is 2.38 bits per heavy atom. The summed E-state index contributed by atoms with van der Waals surface area (Å²) in [7, 11) is -12.4. The predicted molar refractivity (Wildman–Crippen MR) is 111 cm³/mol. The molecule has 2 heterocycles. The molecule has 2 N–H and O–H groups in total. The van der Waals surface area contributed by atoms with E-state index < -0.39 is 65.0 Å². The van der Waals surface area contributed by atoms with Gasteiger partial charge in [-0.3, -0.25) is 28.3 Å². The molecule has 0 aliphatic carbocycles. The number of aromatic amines is 1. The fraction of sp³-hybridized carbons (Fsp3) is 0.667. The van der Waals surface area contributed by atoms with Gasteiger partial charge >= 0.3 is 34.4 Å². The Balaban J connectivity index is 2.01. The molecule has 4 unspecified atom stereocenters. The van der Waals surface area contributed by atoms with Crippen molar-refractivity contribution >= 4 is 28.8 Å². The molecule has 1 aliphatic heterocycles. The second kappa shape index (κ2) is 9.87. The highest BCUT2D eigenvalue weighted by molar-refractivity contribution is 7.72. The van der Waals surface area contributed by atoms with Crippen molar-refractivity contribution in [1.82, 2.24) is 9.55 Å². The van der Waals surface area contributed by atoms with E-state index in [0.29, 0.717) is 0 Å². The Bertz CT molecular complexity index is 1130. The highest BCUT2D eigenvalue weighted by Crippen LogP contribution is 2.68. The zero-order valence-corrected chi connectivity index (χ0v) is 20.6. The van der Waals surface area contributed by atoms with Gasteiger partial charge in [-0.15, -0.1) is 0 Å². The summed E-state index contributed by atoms with van der Waals surface area (Å²) in [6, 6.07) is 0. The molecule has 32 heavy (non-hydrogen) atoms. The number of carbonyl (C=O) groups excluding carboxylic acids is 1. The SMILES string of the molecule is CC(=O)OP(C)(=O)OP(C)(=O)OP(C)(=O)OC[C@H]1O[C@@H](n2cc(C)c(=O)[nH]c2=O)CC1O. The topological polar surface area (TPSA) is 190 Å². The molecular weight excluding hydrogens is 493 g/mol. The number of carbonyl (C=O) groups is 1. The van der Waals surface area contributed by atoms with E-state index in [4.69, 9.17) is 17.9 Å². The van der Waals surface area contributed by atoms with Gasteiger partial charge in [0.2, 0.25) is 0 Å². The lowest BCUT2D eigenvalue weighted by atomic mass is 10.2. The maximum absolute atomic E-state index is 12.6. The molecule has 1 fully saturated rings. The van der Waals surface area contributed by atoms with Crippen LogP contribution in [-0.2, 0) is 40.9 Å². The molecule has 17 heteroatoms. The Morgan fingerprint density at radius 1 is 1.19 bits per heavy atom. The van der Waals surface area contributed by atoms with Gasteiger partial charge in [-0.25, -0.2) is 18.0 Å². The van der Waals surface area contributed by atoms with Gasteiger partial charge in [-0.2, -0.15) is 0 Å². The minimum Gasteiger partial charge on any atom is -0.392 e. The number of hydrogen-bond donors (Lipinski definition) is 2. The first-order valence-electron chi connectivity index (χ1n) is 9.16. The molecule has 182 valence electrons. The van der Waals surface area contributed by atoms with Gasteiger partial charge in [0.1, 0.15) is 12.3 Å². The summed E-state index contributed by atoms with van der Waals surface area (Å²) < 4.78 is 62.8. The molecule has 0 spiro atoms. The summed E-state index contributed by atoms with van der Waals surface area (Å²) in [6.07, 6.45) is -1.82. The number of aliphatic hydroxyl groups is 1. The Hall–Kier alpha value is -1.36. The van der Waals surface area contributed by atoms with E-state index in [2.05, 4.69) is 9.51 Å². The highest BCUT2D eigenvalue weighted by Gasteiger charge is 2.40. The lowest BCUT2D eigenvalue weighted by Gasteiger charge is -2.23. The number of H-pyrrole nitrogens is 1.